The van der Waals surface area contributed by atoms with Gasteiger partial charge in [0.1, 0.15) is 11.4 Å². The van der Waals surface area contributed by atoms with E-state index in [9.17, 15) is 23.9 Å². The minimum atomic E-state index is -0.891. The lowest BCUT2D eigenvalue weighted by molar-refractivity contribution is -0.121. The van der Waals surface area contributed by atoms with Gasteiger partial charge in [0.15, 0.2) is 0 Å². The summed E-state index contributed by atoms with van der Waals surface area (Å²) in [6, 6.07) is 4.74. The topological polar surface area (TPSA) is 117 Å². The smallest absolute Gasteiger partial charge is 0.335 e. The fourth-order valence-electron chi connectivity index (χ4n) is 2.05. The molecule has 132 valence electrons. The largest absolute Gasteiger partial charge is 0.493 e. The Labute approximate surface area is 141 Å². The lowest BCUT2D eigenvalue weighted by atomic mass is 10.2. The number of nitrogens with one attached hydrogen (secondary N) is 2. The molecular weight excluding hydrogens is 331 g/mol. The number of carbonyl (C=O) groups excluding carboxylic acids is 1. The molecule has 0 aliphatic heterocycles. The molecular formula is C16H17FN4O4. The number of aromatic nitrogens is 2. The van der Waals surface area contributed by atoms with Crippen molar-refractivity contribution >= 4 is 12.1 Å². The summed E-state index contributed by atoms with van der Waals surface area (Å²) in [4.78, 5) is 37.3. The van der Waals surface area contributed by atoms with Gasteiger partial charge in [-0.15, -0.1) is 0 Å². The van der Waals surface area contributed by atoms with Crippen LogP contribution in [0.5, 0.6) is 5.88 Å². The van der Waals surface area contributed by atoms with Gasteiger partial charge in [0.25, 0.3) is 5.56 Å². The van der Waals surface area contributed by atoms with Crippen molar-refractivity contribution in [2.75, 3.05) is 0 Å². The van der Waals surface area contributed by atoms with E-state index in [0.29, 0.717) is 6.42 Å². The molecule has 0 radical (unpaired) electrons. The Balaban J connectivity index is 2.35. The molecule has 1 aromatic heterocycles. The van der Waals surface area contributed by atoms with E-state index in [-0.39, 0.29) is 23.6 Å². The molecule has 25 heavy (non-hydrogen) atoms. The van der Waals surface area contributed by atoms with Crippen molar-refractivity contribution in [2.24, 2.45) is 5.10 Å². The van der Waals surface area contributed by atoms with Crippen LogP contribution in [0.15, 0.2) is 39.0 Å². The van der Waals surface area contributed by atoms with Gasteiger partial charge in [-0.1, -0.05) is 13.3 Å². The molecule has 2 rings (SSSR count). The fraction of sp³-hybridized carbons (Fsp3) is 0.250. The predicted octanol–water partition coefficient (Wildman–Crippen LogP) is 1.01. The van der Waals surface area contributed by atoms with Crippen molar-refractivity contribution in [1.29, 1.82) is 0 Å². The summed E-state index contributed by atoms with van der Waals surface area (Å²) >= 11 is 0. The van der Waals surface area contributed by atoms with Crippen molar-refractivity contribution in [3.8, 4) is 11.6 Å². The fourth-order valence-corrected chi connectivity index (χ4v) is 2.05. The van der Waals surface area contributed by atoms with Gasteiger partial charge in [0.2, 0.25) is 11.8 Å². The molecule has 0 fully saturated rings. The lowest BCUT2D eigenvalue weighted by Gasteiger charge is -2.09. The number of carbonyl (C=O) groups is 1. The van der Waals surface area contributed by atoms with Gasteiger partial charge in [-0.3, -0.25) is 14.6 Å². The number of hydrogen-bond acceptors (Lipinski definition) is 5. The normalized spacial score (nSPS) is 11.0. The number of rotatable bonds is 6. The van der Waals surface area contributed by atoms with Crippen LogP contribution in [0, 0.1) is 5.82 Å². The van der Waals surface area contributed by atoms with Crippen molar-refractivity contribution in [1.82, 2.24) is 15.0 Å². The molecule has 0 saturated carbocycles. The van der Waals surface area contributed by atoms with E-state index in [1.807, 2.05) is 11.9 Å². The van der Waals surface area contributed by atoms with E-state index in [2.05, 4.69) is 10.5 Å². The summed E-state index contributed by atoms with van der Waals surface area (Å²) in [5, 5.41) is 13.8. The third kappa shape index (κ3) is 4.40. The number of H-pyrrole nitrogens is 1. The Hall–Kier alpha value is -3.23. The molecule has 8 nitrogen and oxygen atoms in total. The molecule has 1 heterocycles. The number of halogens is 1. The molecule has 9 heteroatoms. The zero-order chi connectivity index (χ0) is 18.4. The number of hydrazone groups is 1. The molecule has 0 atom stereocenters. The zero-order valence-corrected chi connectivity index (χ0v) is 13.5. The first-order valence-corrected chi connectivity index (χ1v) is 7.60. The zero-order valence-electron chi connectivity index (χ0n) is 13.5. The van der Waals surface area contributed by atoms with Crippen molar-refractivity contribution in [3.05, 3.63) is 56.5 Å². The van der Waals surface area contributed by atoms with Crippen LogP contribution in [-0.4, -0.2) is 26.8 Å². The Bertz CT molecular complexity index is 900. The number of hydrogen-bond donors (Lipinski definition) is 3. The van der Waals surface area contributed by atoms with Gasteiger partial charge in [-0.25, -0.2) is 19.2 Å². The number of nitrogens with zero attached hydrogens (tertiary/aromatic N) is 2. The first-order valence-electron chi connectivity index (χ1n) is 7.60. The average molecular weight is 348 g/mol. The molecule has 1 aromatic carbocycles. The number of unbranched alkanes of at least 4 members (excludes halogenated alkanes) is 1. The summed E-state index contributed by atoms with van der Waals surface area (Å²) in [7, 11) is 0. The van der Waals surface area contributed by atoms with E-state index in [1.54, 1.807) is 0 Å². The summed E-state index contributed by atoms with van der Waals surface area (Å²) in [6.45, 7) is 1.94. The number of aromatic amines is 1. The molecule has 0 bridgehead atoms. The van der Waals surface area contributed by atoms with E-state index in [0.717, 1.165) is 29.3 Å². The van der Waals surface area contributed by atoms with Crippen LogP contribution in [0.4, 0.5) is 4.39 Å². The lowest BCUT2D eigenvalue weighted by Crippen LogP contribution is -2.31. The van der Waals surface area contributed by atoms with Crippen LogP contribution in [0.1, 0.15) is 31.7 Å². The van der Waals surface area contributed by atoms with Crippen LogP contribution < -0.4 is 16.7 Å². The minimum Gasteiger partial charge on any atom is -0.493 e. The van der Waals surface area contributed by atoms with Crippen LogP contribution in [0.2, 0.25) is 0 Å². The van der Waals surface area contributed by atoms with E-state index >= 15 is 0 Å². The summed E-state index contributed by atoms with van der Waals surface area (Å²) in [6.07, 6.45) is 2.77. The van der Waals surface area contributed by atoms with Crippen molar-refractivity contribution < 1.29 is 14.3 Å². The third-order valence-corrected chi connectivity index (χ3v) is 3.35. The number of amides is 1. The Morgan fingerprint density at radius 1 is 1.36 bits per heavy atom. The predicted molar refractivity (Wildman–Crippen MR) is 89.5 cm³/mol. The quantitative estimate of drug-likeness (QED) is 0.533. The van der Waals surface area contributed by atoms with Crippen LogP contribution in [0.25, 0.3) is 5.69 Å². The summed E-state index contributed by atoms with van der Waals surface area (Å²) in [5.41, 5.74) is 0.307. The highest BCUT2D eigenvalue weighted by atomic mass is 19.1. The van der Waals surface area contributed by atoms with Gasteiger partial charge >= 0.3 is 5.69 Å². The van der Waals surface area contributed by atoms with Crippen LogP contribution in [0.3, 0.4) is 0 Å². The first-order chi connectivity index (χ1) is 11.9. The molecule has 0 aliphatic carbocycles. The second-order valence-electron chi connectivity index (χ2n) is 5.21. The average Bonchev–Trinajstić information content (AvgIpc) is 2.57. The maximum Gasteiger partial charge on any atom is 0.335 e. The van der Waals surface area contributed by atoms with E-state index in [4.69, 9.17) is 0 Å². The monoisotopic (exact) mass is 348 g/mol. The Morgan fingerprint density at radius 3 is 2.68 bits per heavy atom. The van der Waals surface area contributed by atoms with Crippen LogP contribution in [-0.2, 0) is 4.79 Å². The minimum absolute atomic E-state index is 0.154. The molecule has 1 amide bonds. The molecule has 3 N–H and O–H groups in total. The second-order valence-corrected chi connectivity index (χ2v) is 5.21. The standard InChI is InChI=1S/C16H17FN4O4/c1-2-3-4-13(22)20-18-9-12-14(23)19-16(25)21(15(12)24)11-7-5-10(17)6-8-11/h5-9,24H,2-4H2,1H3,(H,20,22)(H,19,23,25)/b18-9+. The molecule has 0 saturated heterocycles. The Kier molecular flexibility index (Phi) is 5.83. The van der Waals surface area contributed by atoms with Gasteiger partial charge in [0.05, 0.1) is 11.9 Å². The second kappa shape index (κ2) is 8.04. The highest BCUT2D eigenvalue weighted by Crippen LogP contribution is 2.15. The first kappa shape index (κ1) is 18.1. The number of aromatic hydroxyl groups is 1. The maximum atomic E-state index is 13.0. The highest BCUT2D eigenvalue weighted by Gasteiger charge is 2.14. The Morgan fingerprint density at radius 2 is 2.04 bits per heavy atom. The van der Waals surface area contributed by atoms with Crippen molar-refractivity contribution in [3.63, 3.8) is 0 Å². The number of benzene rings is 1. The molecule has 0 unspecified atom stereocenters. The maximum absolute atomic E-state index is 13.0. The van der Waals surface area contributed by atoms with Gasteiger partial charge in [0, 0.05) is 6.42 Å². The third-order valence-electron chi connectivity index (χ3n) is 3.35. The highest BCUT2D eigenvalue weighted by molar-refractivity contribution is 5.84. The van der Waals surface area contributed by atoms with E-state index < -0.39 is 22.9 Å². The molecule has 0 aliphatic rings. The van der Waals surface area contributed by atoms with Gasteiger partial charge in [-0.2, -0.15) is 5.10 Å². The molecule has 2 aromatic rings. The SMILES string of the molecule is CCCCC(=O)N/N=C/c1c(O)n(-c2ccc(F)cc2)c(=O)[nH]c1=O. The van der Waals surface area contributed by atoms with Gasteiger partial charge < -0.3 is 5.11 Å². The van der Waals surface area contributed by atoms with Crippen LogP contribution >= 0.6 is 0 Å². The summed E-state index contributed by atoms with van der Waals surface area (Å²) < 4.78 is 13.8. The summed E-state index contributed by atoms with van der Waals surface area (Å²) in [5.74, 6) is -1.52. The van der Waals surface area contributed by atoms with Crippen molar-refractivity contribution in [2.45, 2.75) is 26.2 Å². The van der Waals surface area contributed by atoms with Gasteiger partial charge in [-0.05, 0) is 30.7 Å². The molecule has 0 spiro atoms. The van der Waals surface area contributed by atoms with E-state index in [1.165, 1.54) is 12.1 Å².